The molecule has 0 aromatic carbocycles. The van der Waals surface area contributed by atoms with Gasteiger partial charge in [-0.15, -0.1) is 11.3 Å². The molecule has 1 aromatic heterocycles. The number of imide groups is 2. The fraction of sp³-hybridized carbons (Fsp3) is 0.357. The zero-order chi connectivity index (χ0) is 16.9. The molecular formula is C14H13N3O5S. The van der Waals surface area contributed by atoms with Crippen molar-refractivity contribution in [3.8, 4) is 0 Å². The number of rotatable bonds is 2. The van der Waals surface area contributed by atoms with Crippen LogP contribution < -0.4 is 10.6 Å². The summed E-state index contributed by atoms with van der Waals surface area (Å²) in [5.41, 5.74) is -1.16. The monoisotopic (exact) mass is 335 g/mol. The molecule has 0 spiro atoms. The highest BCUT2D eigenvalue weighted by atomic mass is 32.1. The van der Waals surface area contributed by atoms with E-state index >= 15 is 0 Å². The fourth-order valence-electron chi connectivity index (χ4n) is 2.76. The van der Waals surface area contributed by atoms with Crippen LogP contribution in [-0.4, -0.2) is 40.0 Å². The highest BCUT2D eigenvalue weighted by Gasteiger charge is 2.53. The number of hydrogen-bond acceptors (Lipinski definition) is 6. The van der Waals surface area contributed by atoms with Crippen molar-refractivity contribution in [3.63, 3.8) is 0 Å². The van der Waals surface area contributed by atoms with Gasteiger partial charge in [0.25, 0.3) is 17.7 Å². The maximum atomic E-state index is 12.7. The van der Waals surface area contributed by atoms with E-state index < -0.39 is 29.2 Å². The second-order valence-corrected chi connectivity index (χ2v) is 6.51. The number of fused-ring (bicyclic) bond motifs is 1. The van der Waals surface area contributed by atoms with Crippen molar-refractivity contribution >= 4 is 45.9 Å². The van der Waals surface area contributed by atoms with Gasteiger partial charge < -0.3 is 5.32 Å². The summed E-state index contributed by atoms with van der Waals surface area (Å²) in [7, 11) is 0. The maximum Gasteiger partial charge on any atom is 0.265 e. The Morgan fingerprint density at radius 3 is 2.61 bits per heavy atom. The number of nitrogens with one attached hydrogen (secondary N) is 2. The molecule has 1 atom stereocenters. The van der Waals surface area contributed by atoms with Crippen LogP contribution in [-0.2, 0) is 14.4 Å². The molecule has 1 aromatic rings. The normalized spacial score (nSPS) is 23.8. The first-order valence-electron chi connectivity index (χ1n) is 6.88. The lowest BCUT2D eigenvalue weighted by atomic mass is 9.89. The number of piperidine rings is 1. The Hall–Kier alpha value is -2.55. The van der Waals surface area contributed by atoms with E-state index in [1.165, 1.54) is 19.2 Å². The van der Waals surface area contributed by atoms with E-state index in [9.17, 15) is 24.0 Å². The second-order valence-electron chi connectivity index (χ2n) is 5.63. The van der Waals surface area contributed by atoms with Gasteiger partial charge in [-0.1, -0.05) is 0 Å². The minimum Gasteiger partial charge on any atom is -0.317 e. The number of nitrogens with zero attached hydrogens (tertiary/aromatic N) is 1. The fourth-order valence-corrected chi connectivity index (χ4v) is 3.73. The van der Waals surface area contributed by atoms with Crippen LogP contribution in [0.3, 0.4) is 0 Å². The lowest BCUT2D eigenvalue weighted by Gasteiger charge is -2.38. The van der Waals surface area contributed by atoms with Crippen molar-refractivity contribution in [2.24, 2.45) is 0 Å². The molecule has 0 bridgehead atoms. The molecule has 0 saturated carbocycles. The van der Waals surface area contributed by atoms with Gasteiger partial charge in [0.1, 0.15) is 10.5 Å². The number of carbonyl (C=O) groups is 5. The molecule has 0 aliphatic carbocycles. The molecule has 2 N–H and O–H groups in total. The van der Waals surface area contributed by atoms with E-state index in [0.29, 0.717) is 0 Å². The summed E-state index contributed by atoms with van der Waals surface area (Å²) in [4.78, 5) is 60.9. The first kappa shape index (κ1) is 15.3. The van der Waals surface area contributed by atoms with Gasteiger partial charge in [-0.05, 0) is 13.3 Å². The molecule has 1 saturated heterocycles. The lowest BCUT2D eigenvalue weighted by molar-refractivity contribution is -0.141. The Bertz CT molecular complexity index is 783. The van der Waals surface area contributed by atoms with Crippen LogP contribution in [0.4, 0.5) is 5.00 Å². The maximum absolute atomic E-state index is 12.7. The molecule has 1 fully saturated rings. The predicted molar refractivity (Wildman–Crippen MR) is 79.9 cm³/mol. The van der Waals surface area contributed by atoms with Crippen molar-refractivity contribution in [1.29, 1.82) is 0 Å². The van der Waals surface area contributed by atoms with Crippen LogP contribution in [0.5, 0.6) is 0 Å². The number of hydrogen-bond donors (Lipinski definition) is 2. The minimum atomic E-state index is -1.42. The number of amides is 5. The smallest absolute Gasteiger partial charge is 0.265 e. The van der Waals surface area contributed by atoms with E-state index in [1.807, 2.05) is 0 Å². The summed E-state index contributed by atoms with van der Waals surface area (Å²) >= 11 is 1.08. The van der Waals surface area contributed by atoms with Gasteiger partial charge in [0.2, 0.25) is 11.8 Å². The number of carbonyl (C=O) groups excluding carboxylic acids is 5. The summed E-state index contributed by atoms with van der Waals surface area (Å²) in [5.74, 6) is -2.70. The molecular weight excluding hydrogens is 322 g/mol. The van der Waals surface area contributed by atoms with Crippen LogP contribution in [0.25, 0.3) is 0 Å². The first-order valence-corrected chi connectivity index (χ1v) is 7.76. The van der Waals surface area contributed by atoms with E-state index in [4.69, 9.17) is 0 Å². The van der Waals surface area contributed by atoms with Crippen LogP contribution in [0.1, 0.15) is 47.4 Å². The van der Waals surface area contributed by atoms with Gasteiger partial charge in [-0.25, -0.2) is 0 Å². The molecule has 120 valence electrons. The SMILES string of the molecule is CC(=O)Nc1scc2c1C(=O)N(C1(C)CCC(=O)NC1=O)C2=O. The zero-order valence-corrected chi connectivity index (χ0v) is 13.2. The molecule has 1 unspecified atom stereocenters. The standard InChI is InChI=1S/C14H13N3O5S/c1-6(18)15-10-9-7(5-23-10)11(20)17(12(9)21)14(2)4-3-8(19)16-13(14)22/h5H,3-4H2,1-2H3,(H,15,18)(H,16,19,22). The van der Waals surface area contributed by atoms with Crippen LogP contribution in [0.15, 0.2) is 5.38 Å². The van der Waals surface area contributed by atoms with Gasteiger partial charge in [0, 0.05) is 18.7 Å². The van der Waals surface area contributed by atoms with Crippen LogP contribution in [0.2, 0.25) is 0 Å². The first-order chi connectivity index (χ1) is 10.8. The lowest BCUT2D eigenvalue weighted by Crippen LogP contribution is -2.62. The van der Waals surface area contributed by atoms with Crippen molar-refractivity contribution in [2.75, 3.05) is 5.32 Å². The Balaban J connectivity index is 2.01. The third kappa shape index (κ3) is 2.15. The van der Waals surface area contributed by atoms with Gasteiger partial charge in [-0.2, -0.15) is 0 Å². The molecule has 2 aliphatic heterocycles. The summed E-state index contributed by atoms with van der Waals surface area (Å²) < 4.78 is 0. The Labute approximate surface area is 134 Å². The molecule has 3 heterocycles. The van der Waals surface area contributed by atoms with Crippen molar-refractivity contribution in [2.45, 2.75) is 32.2 Å². The van der Waals surface area contributed by atoms with Crippen molar-refractivity contribution < 1.29 is 24.0 Å². The number of thiophene rings is 1. The predicted octanol–water partition coefficient (Wildman–Crippen LogP) is 0.498. The van der Waals surface area contributed by atoms with Crippen molar-refractivity contribution in [3.05, 3.63) is 16.5 Å². The molecule has 0 radical (unpaired) electrons. The number of anilines is 1. The van der Waals surface area contributed by atoms with Gasteiger partial charge >= 0.3 is 0 Å². The summed E-state index contributed by atoms with van der Waals surface area (Å²) in [6.45, 7) is 2.75. The highest BCUT2D eigenvalue weighted by molar-refractivity contribution is 7.15. The Morgan fingerprint density at radius 1 is 1.30 bits per heavy atom. The largest absolute Gasteiger partial charge is 0.317 e. The quantitative estimate of drug-likeness (QED) is 0.764. The molecule has 3 rings (SSSR count). The second kappa shape index (κ2) is 4.98. The summed E-state index contributed by atoms with van der Waals surface area (Å²) in [6.07, 6.45) is 0.114. The van der Waals surface area contributed by atoms with E-state index in [0.717, 1.165) is 16.2 Å². The molecule has 5 amide bonds. The third-order valence-corrected chi connectivity index (χ3v) is 4.90. The van der Waals surface area contributed by atoms with E-state index in [-0.39, 0.29) is 34.9 Å². The molecule has 9 heteroatoms. The van der Waals surface area contributed by atoms with Crippen LogP contribution >= 0.6 is 11.3 Å². The minimum absolute atomic E-state index is 0.0463. The highest BCUT2D eigenvalue weighted by Crippen LogP contribution is 2.40. The molecule has 2 aliphatic rings. The average Bonchev–Trinajstić information content (AvgIpc) is 2.96. The zero-order valence-electron chi connectivity index (χ0n) is 12.4. The van der Waals surface area contributed by atoms with E-state index in [1.54, 1.807) is 0 Å². The van der Waals surface area contributed by atoms with Gasteiger partial charge in [0.05, 0.1) is 11.1 Å². The Kier molecular flexibility index (Phi) is 3.33. The molecule has 23 heavy (non-hydrogen) atoms. The molecule has 8 nitrogen and oxygen atoms in total. The summed E-state index contributed by atoms with van der Waals surface area (Å²) in [5, 5.41) is 6.44. The van der Waals surface area contributed by atoms with Gasteiger partial charge in [-0.3, -0.25) is 34.2 Å². The third-order valence-electron chi connectivity index (χ3n) is 4.01. The average molecular weight is 335 g/mol. The summed E-state index contributed by atoms with van der Waals surface area (Å²) in [6, 6.07) is 0. The Morgan fingerprint density at radius 2 is 2.00 bits per heavy atom. The van der Waals surface area contributed by atoms with Crippen LogP contribution in [0, 0.1) is 0 Å². The van der Waals surface area contributed by atoms with Gasteiger partial charge in [0.15, 0.2) is 0 Å². The topological polar surface area (TPSA) is 113 Å². The van der Waals surface area contributed by atoms with E-state index in [2.05, 4.69) is 10.6 Å². The van der Waals surface area contributed by atoms with Crippen molar-refractivity contribution in [1.82, 2.24) is 10.2 Å².